The SMILES string of the molecule is CC(=O)NCCc1ccc(O[C@@H]2CC(C)(C)[C@H](O)[C@H]3OC(C)(C)O[C@H]32)cc1-c1cccc(F)c1. The molecule has 34 heavy (non-hydrogen) atoms. The largest absolute Gasteiger partial charge is 0.488 e. The highest BCUT2D eigenvalue weighted by molar-refractivity contribution is 5.73. The van der Waals surface area contributed by atoms with Crippen molar-refractivity contribution in [2.45, 2.75) is 77.7 Å². The first-order valence-electron chi connectivity index (χ1n) is 11.8. The van der Waals surface area contributed by atoms with Crippen molar-refractivity contribution in [3.8, 4) is 16.9 Å². The smallest absolute Gasteiger partial charge is 0.216 e. The number of ether oxygens (including phenoxy) is 3. The van der Waals surface area contributed by atoms with E-state index < -0.39 is 29.5 Å². The summed E-state index contributed by atoms with van der Waals surface area (Å²) in [6.07, 6.45) is -0.689. The van der Waals surface area contributed by atoms with Crippen molar-refractivity contribution in [3.63, 3.8) is 0 Å². The van der Waals surface area contributed by atoms with Crippen molar-refractivity contribution in [1.29, 1.82) is 0 Å². The Hall–Kier alpha value is -2.48. The summed E-state index contributed by atoms with van der Waals surface area (Å²) >= 11 is 0. The minimum absolute atomic E-state index is 0.0920. The number of halogens is 1. The van der Waals surface area contributed by atoms with Crippen LogP contribution in [0.15, 0.2) is 42.5 Å². The molecule has 7 heteroatoms. The van der Waals surface area contributed by atoms with Crippen LogP contribution in [0.2, 0.25) is 0 Å². The van der Waals surface area contributed by atoms with E-state index in [1.165, 1.54) is 19.1 Å². The molecule has 1 heterocycles. The Bertz CT molecular complexity index is 1050. The van der Waals surface area contributed by atoms with E-state index in [0.717, 1.165) is 16.7 Å². The second kappa shape index (κ2) is 9.29. The summed E-state index contributed by atoms with van der Waals surface area (Å²) in [5, 5.41) is 13.7. The van der Waals surface area contributed by atoms with Gasteiger partial charge in [0.15, 0.2) is 5.79 Å². The van der Waals surface area contributed by atoms with Crippen LogP contribution in [0.3, 0.4) is 0 Å². The molecule has 1 aliphatic carbocycles. The third-order valence-electron chi connectivity index (χ3n) is 6.64. The Morgan fingerprint density at radius 3 is 2.59 bits per heavy atom. The molecule has 2 N–H and O–H groups in total. The molecule has 184 valence electrons. The highest BCUT2D eigenvalue weighted by atomic mass is 19.1. The van der Waals surface area contributed by atoms with Gasteiger partial charge in [-0.25, -0.2) is 4.39 Å². The van der Waals surface area contributed by atoms with Crippen LogP contribution in [0, 0.1) is 11.2 Å². The van der Waals surface area contributed by atoms with E-state index in [4.69, 9.17) is 14.2 Å². The van der Waals surface area contributed by atoms with Gasteiger partial charge in [0.2, 0.25) is 5.91 Å². The molecule has 1 saturated heterocycles. The zero-order valence-corrected chi connectivity index (χ0v) is 20.4. The number of aliphatic hydroxyl groups is 1. The number of amides is 1. The lowest BCUT2D eigenvalue weighted by Crippen LogP contribution is -2.57. The molecule has 2 aliphatic rings. The highest BCUT2D eigenvalue weighted by Gasteiger charge is 2.57. The molecule has 1 saturated carbocycles. The lowest BCUT2D eigenvalue weighted by molar-refractivity contribution is -0.159. The van der Waals surface area contributed by atoms with Crippen molar-refractivity contribution in [3.05, 3.63) is 53.8 Å². The number of nitrogens with one attached hydrogen (secondary N) is 1. The quantitative estimate of drug-likeness (QED) is 0.659. The second-order valence-corrected chi connectivity index (χ2v) is 10.4. The molecule has 0 radical (unpaired) electrons. The molecule has 6 nitrogen and oxygen atoms in total. The standard InChI is InChI=1S/C27H34FNO5/c1-16(30)29-12-11-17-9-10-20(14-21(17)18-7-6-8-19(28)13-18)32-22-15-26(2,3)25(31)24-23(22)33-27(4,5)34-24/h6-10,13-14,22-25,31H,11-12,15H2,1-5H3,(H,29,30)/t22-,23+,24+,25-/m1/s1. The first-order valence-corrected chi connectivity index (χ1v) is 11.8. The molecule has 0 bridgehead atoms. The van der Waals surface area contributed by atoms with Gasteiger partial charge in [0.25, 0.3) is 0 Å². The third-order valence-corrected chi connectivity index (χ3v) is 6.64. The predicted molar refractivity (Wildman–Crippen MR) is 127 cm³/mol. The minimum atomic E-state index is -0.807. The first kappa shape index (κ1) is 24.6. The molecule has 4 rings (SSSR count). The fraction of sp³-hybridized carbons (Fsp3) is 0.519. The second-order valence-electron chi connectivity index (χ2n) is 10.4. The van der Waals surface area contributed by atoms with E-state index >= 15 is 0 Å². The maximum atomic E-state index is 14.0. The molecule has 4 atom stereocenters. The van der Waals surface area contributed by atoms with E-state index in [1.54, 1.807) is 6.07 Å². The van der Waals surface area contributed by atoms with Gasteiger partial charge in [-0.05, 0) is 73.1 Å². The van der Waals surface area contributed by atoms with Crippen LogP contribution in [0.25, 0.3) is 11.1 Å². The number of fused-ring (bicyclic) bond motifs is 1. The Morgan fingerprint density at radius 1 is 1.15 bits per heavy atom. The number of carbonyl (C=O) groups excluding carboxylic acids is 1. The molecule has 2 aromatic carbocycles. The number of aliphatic hydroxyl groups excluding tert-OH is 1. The summed E-state index contributed by atoms with van der Waals surface area (Å²) in [4.78, 5) is 11.3. The lowest BCUT2D eigenvalue weighted by Gasteiger charge is -2.44. The Morgan fingerprint density at radius 2 is 1.88 bits per heavy atom. The van der Waals surface area contributed by atoms with Gasteiger partial charge in [0.1, 0.15) is 29.9 Å². The summed E-state index contributed by atoms with van der Waals surface area (Å²) in [5.41, 5.74) is 2.14. The topological polar surface area (TPSA) is 77.0 Å². The number of hydrogen-bond acceptors (Lipinski definition) is 5. The predicted octanol–water partition coefficient (Wildman–Crippen LogP) is 4.23. The van der Waals surface area contributed by atoms with Crippen molar-refractivity contribution >= 4 is 5.91 Å². The molecular formula is C27H34FNO5. The number of rotatable bonds is 6. The van der Waals surface area contributed by atoms with Crippen molar-refractivity contribution in [1.82, 2.24) is 5.32 Å². The first-order chi connectivity index (χ1) is 15.9. The van der Waals surface area contributed by atoms with Gasteiger partial charge >= 0.3 is 0 Å². The van der Waals surface area contributed by atoms with Crippen molar-refractivity contribution in [2.75, 3.05) is 6.54 Å². The molecular weight excluding hydrogens is 437 g/mol. The normalized spacial score (nSPS) is 27.1. The van der Waals surface area contributed by atoms with Crippen molar-refractivity contribution in [2.24, 2.45) is 5.41 Å². The monoisotopic (exact) mass is 471 g/mol. The summed E-state index contributed by atoms with van der Waals surface area (Å²) in [6, 6.07) is 12.2. The Balaban J connectivity index is 1.64. The van der Waals surface area contributed by atoms with Crippen LogP contribution < -0.4 is 10.1 Å². The Labute approximate surface area is 200 Å². The highest BCUT2D eigenvalue weighted by Crippen LogP contribution is 2.46. The van der Waals surface area contributed by atoms with Crippen LogP contribution in [0.1, 0.15) is 46.6 Å². The van der Waals surface area contributed by atoms with Crippen LogP contribution >= 0.6 is 0 Å². The van der Waals surface area contributed by atoms with E-state index in [1.807, 2.05) is 52.0 Å². The number of carbonyl (C=O) groups is 1. The fourth-order valence-corrected chi connectivity index (χ4v) is 4.98. The fourth-order valence-electron chi connectivity index (χ4n) is 4.98. The molecule has 1 amide bonds. The van der Waals surface area contributed by atoms with E-state index in [2.05, 4.69) is 5.32 Å². The molecule has 2 aromatic rings. The number of hydrogen-bond donors (Lipinski definition) is 2. The van der Waals surface area contributed by atoms with Crippen LogP contribution in [0.4, 0.5) is 4.39 Å². The van der Waals surface area contributed by atoms with Gasteiger partial charge in [-0.15, -0.1) is 0 Å². The van der Waals surface area contributed by atoms with E-state index in [0.29, 0.717) is 25.1 Å². The summed E-state index contributed by atoms with van der Waals surface area (Å²) in [7, 11) is 0. The van der Waals surface area contributed by atoms with Gasteiger partial charge in [-0.1, -0.05) is 32.0 Å². The maximum Gasteiger partial charge on any atom is 0.216 e. The van der Waals surface area contributed by atoms with Gasteiger partial charge < -0.3 is 24.6 Å². The summed E-state index contributed by atoms with van der Waals surface area (Å²) < 4.78 is 32.6. The van der Waals surface area contributed by atoms with Crippen LogP contribution in [0.5, 0.6) is 5.75 Å². The lowest BCUT2D eigenvalue weighted by atomic mass is 9.71. The van der Waals surface area contributed by atoms with Crippen LogP contribution in [-0.4, -0.2) is 47.8 Å². The zero-order chi connectivity index (χ0) is 24.7. The van der Waals surface area contributed by atoms with E-state index in [-0.39, 0.29) is 17.8 Å². The zero-order valence-electron chi connectivity index (χ0n) is 20.4. The average Bonchev–Trinajstić information content (AvgIpc) is 3.08. The van der Waals surface area contributed by atoms with Crippen LogP contribution in [-0.2, 0) is 20.7 Å². The molecule has 0 unspecified atom stereocenters. The van der Waals surface area contributed by atoms with Gasteiger partial charge in [0, 0.05) is 13.5 Å². The van der Waals surface area contributed by atoms with Gasteiger partial charge in [0.05, 0.1) is 6.10 Å². The average molecular weight is 472 g/mol. The van der Waals surface area contributed by atoms with E-state index in [9.17, 15) is 14.3 Å². The van der Waals surface area contributed by atoms with Crippen molar-refractivity contribution < 1.29 is 28.5 Å². The molecule has 0 spiro atoms. The van der Waals surface area contributed by atoms with Gasteiger partial charge in [-0.2, -0.15) is 0 Å². The maximum absolute atomic E-state index is 14.0. The summed E-state index contributed by atoms with van der Waals surface area (Å²) in [6.45, 7) is 9.65. The van der Waals surface area contributed by atoms with Gasteiger partial charge in [-0.3, -0.25) is 4.79 Å². The molecule has 0 aromatic heterocycles. The Kier molecular flexibility index (Phi) is 6.73. The minimum Gasteiger partial charge on any atom is -0.488 e. The molecule has 1 aliphatic heterocycles. The summed E-state index contributed by atoms with van der Waals surface area (Å²) in [5.74, 6) is -0.586. The molecule has 2 fully saturated rings. The number of benzene rings is 2. The third kappa shape index (κ3) is 5.27.